The first-order valence-electron chi connectivity index (χ1n) is 7.02. The molecule has 0 saturated heterocycles. The molecule has 0 spiro atoms. The molecule has 0 radical (unpaired) electrons. The first-order chi connectivity index (χ1) is 9.94. The van der Waals surface area contributed by atoms with Crippen molar-refractivity contribution < 1.29 is 15.0 Å². The number of anilines is 1. The third kappa shape index (κ3) is 3.49. The summed E-state index contributed by atoms with van der Waals surface area (Å²) < 4.78 is 0. The van der Waals surface area contributed by atoms with Gasteiger partial charge in [-0.3, -0.25) is 4.98 Å². The van der Waals surface area contributed by atoms with Crippen LogP contribution in [-0.4, -0.2) is 33.3 Å². The SMILES string of the molecule is CCCC(C)(O)CNc1c(C(=O)O)cnc2ccccc12. The lowest BCUT2D eigenvalue weighted by atomic mass is 10.00. The smallest absolute Gasteiger partial charge is 0.339 e. The Labute approximate surface area is 123 Å². The van der Waals surface area contributed by atoms with Gasteiger partial charge in [0.1, 0.15) is 5.56 Å². The molecule has 5 heteroatoms. The summed E-state index contributed by atoms with van der Waals surface area (Å²) in [6.45, 7) is 4.03. The summed E-state index contributed by atoms with van der Waals surface area (Å²) in [5.74, 6) is -1.04. The molecule has 1 aromatic heterocycles. The second kappa shape index (κ2) is 6.10. The number of hydrogen-bond acceptors (Lipinski definition) is 4. The number of aliphatic hydroxyl groups is 1. The van der Waals surface area contributed by atoms with E-state index in [1.54, 1.807) is 6.92 Å². The predicted octanol–water partition coefficient (Wildman–Crippen LogP) is 2.90. The van der Waals surface area contributed by atoms with Crippen LogP contribution in [0, 0.1) is 0 Å². The van der Waals surface area contributed by atoms with Crippen LogP contribution in [0.5, 0.6) is 0 Å². The summed E-state index contributed by atoms with van der Waals surface area (Å²) in [5.41, 5.74) is 0.458. The highest BCUT2D eigenvalue weighted by Gasteiger charge is 2.21. The highest BCUT2D eigenvalue weighted by atomic mass is 16.4. The van der Waals surface area contributed by atoms with Crippen molar-refractivity contribution in [3.05, 3.63) is 36.0 Å². The van der Waals surface area contributed by atoms with Crippen LogP contribution in [0.15, 0.2) is 30.5 Å². The number of carboxylic acids is 1. The van der Waals surface area contributed by atoms with E-state index in [0.717, 1.165) is 17.3 Å². The van der Waals surface area contributed by atoms with Gasteiger partial charge in [0.15, 0.2) is 0 Å². The Morgan fingerprint density at radius 1 is 1.38 bits per heavy atom. The molecule has 21 heavy (non-hydrogen) atoms. The summed E-state index contributed by atoms with van der Waals surface area (Å²) >= 11 is 0. The number of aromatic nitrogens is 1. The van der Waals surface area contributed by atoms with Gasteiger partial charge in [-0.15, -0.1) is 0 Å². The summed E-state index contributed by atoms with van der Waals surface area (Å²) in [7, 11) is 0. The fraction of sp³-hybridized carbons (Fsp3) is 0.375. The molecule has 2 rings (SSSR count). The van der Waals surface area contributed by atoms with Crippen LogP contribution in [0.2, 0.25) is 0 Å². The Hall–Kier alpha value is -2.14. The van der Waals surface area contributed by atoms with Crippen LogP contribution in [0.3, 0.4) is 0 Å². The summed E-state index contributed by atoms with van der Waals surface area (Å²) in [6, 6.07) is 7.35. The average Bonchev–Trinajstić information content (AvgIpc) is 2.44. The largest absolute Gasteiger partial charge is 0.478 e. The van der Waals surface area contributed by atoms with Gasteiger partial charge in [0.2, 0.25) is 0 Å². The number of pyridine rings is 1. The fourth-order valence-electron chi connectivity index (χ4n) is 2.40. The Morgan fingerprint density at radius 3 is 2.76 bits per heavy atom. The van der Waals surface area contributed by atoms with Gasteiger partial charge in [0.05, 0.1) is 16.8 Å². The van der Waals surface area contributed by atoms with E-state index in [9.17, 15) is 15.0 Å². The molecular formula is C16H20N2O3. The third-order valence-electron chi connectivity index (χ3n) is 3.44. The maximum atomic E-state index is 11.4. The fourth-order valence-corrected chi connectivity index (χ4v) is 2.40. The lowest BCUT2D eigenvalue weighted by Crippen LogP contribution is -2.33. The maximum absolute atomic E-state index is 11.4. The minimum Gasteiger partial charge on any atom is -0.478 e. The zero-order valence-electron chi connectivity index (χ0n) is 12.3. The highest BCUT2D eigenvalue weighted by Crippen LogP contribution is 2.27. The Bertz CT molecular complexity index is 653. The zero-order valence-corrected chi connectivity index (χ0v) is 12.3. The van der Waals surface area contributed by atoms with Gasteiger partial charge in [-0.05, 0) is 19.4 Å². The maximum Gasteiger partial charge on any atom is 0.339 e. The number of nitrogens with zero attached hydrogens (tertiary/aromatic N) is 1. The van der Waals surface area contributed by atoms with Crippen molar-refractivity contribution in [2.75, 3.05) is 11.9 Å². The Morgan fingerprint density at radius 2 is 2.10 bits per heavy atom. The number of rotatable bonds is 6. The number of hydrogen-bond donors (Lipinski definition) is 3. The molecule has 1 heterocycles. The highest BCUT2D eigenvalue weighted by molar-refractivity contribution is 6.04. The first kappa shape index (κ1) is 15.3. The minimum absolute atomic E-state index is 0.112. The van der Waals surface area contributed by atoms with Gasteiger partial charge in [0.25, 0.3) is 0 Å². The molecule has 0 aliphatic rings. The lowest BCUT2D eigenvalue weighted by molar-refractivity contribution is 0.0631. The summed E-state index contributed by atoms with van der Waals surface area (Å²) in [6.07, 6.45) is 2.85. The van der Waals surface area contributed by atoms with Gasteiger partial charge < -0.3 is 15.5 Å². The quantitative estimate of drug-likeness (QED) is 0.761. The van der Waals surface area contributed by atoms with E-state index >= 15 is 0 Å². The van der Waals surface area contributed by atoms with Crippen molar-refractivity contribution in [2.24, 2.45) is 0 Å². The molecule has 0 aliphatic heterocycles. The zero-order chi connectivity index (χ0) is 15.5. The molecule has 3 N–H and O–H groups in total. The van der Waals surface area contributed by atoms with Crippen molar-refractivity contribution in [1.82, 2.24) is 4.98 Å². The Balaban J connectivity index is 2.40. The monoisotopic (exact) mass is 288 g/mol. The van der Waals surface area contributed by atoms with Crippen molar-refractivity contribution in [3.63, 3.8) is 0 Å². The van der Waals surface area contributed by atoms with E-state index in [2.05, 4.69) is 10.3 Å². The van der Waals surface area contributed by atoms with Gasteiger partial charge in [-0.25, -0.2) is 4.79 Å². The molecular weight excluding hydrogens is 268 g/mol. The molecule has 1 unspecified atom stereocenters. The molecule has 1 atom stereocenters. The van der Waals surface area contributed by atoms with Crippen LogP contribution < -0.4 is 5.32 Å². The van der Waals surface area contributed by atoms with Crippen LogP contribution in [0.25, 0.3) is 10.9 Å². The minimum atomic E-state index is -1.04. The second-order valence-electron chi connectivity index (χ2n) is 5.47. The predicted molar refractivity (Wildman–Crippen MR) is 82.7 cm³/mol. The van der Waals surface area contributed by atoms with Gasteiger partial charge in [-0.2, -0.15) is 0 Å². The molecule has 2 aromatic rings. The molecule has 112 valence electrons. The lowest BCUT2D eigenvalue weighted by Gasteiger charge is -2.24. The molecule has 0 saturated carbocycles. The number of benzene rings is 1. The Kier molecular flexibility index (Phi) is 4.43. The van der Waals surface area contributed by atoms with Crippen LogP contribution in [0.1, 0.15) is 37.0 Å². The standard InChI is InChI=1S/C16H20N2O3/c1-3-8-16(2,21)10-18-14-11-6-4-5-7-13(11)17-9-12(14)15(19)20/h4-7,9,21H,3,8,10H2,1-2H3,(H,17,18)(H,19,20). The third-order valence-corrected chi connectivity index (χ3v) is 3.44. The van der Waals surface area contributed by atoms with Crippen molar-refractivity contribution >= 4 is 22.6 Å². The molecule has 1 aromatic carbocycles. The van der Waals surface area contributed by atoms with Crippen LogP contribution >= 0.6 is 0 Å². The van der Waals surface area contributed by atoms with E-state index in [1.807, 2.05) is 31.2 Å². The molecule has 5 nitrogen and oxygen atoms in total. The number of para-hydroxylation sites is 1. The van der Waals surface area contributed by atoms with E-state index < -0.39 is 11.6 Å². The molecule has 0 fully saturated rings. The normalized spacial score (nSPS) is 13.9. The van der Waals surface area contributed by atoms with Crippen LogP contribution in [0.4, 0.5) is 5.69 Å². The molecule has 0 amide bonds. The van der Waals surface area contributed by atoms with Gasteiger partial charge in [0, 0.05) is 18.1 Å². The molecule has 0 bridgehead atoms. The second-order valence-corrected chi connectivity index (χ2v) is 5.47. The van der Waals surface area contributed by atoms with Crippen molar-refractivity contribution in [1.29, 1.82) is 0 Å². The first-order valence-corrected chi connectivity index (χ1v) is 7.02. The van der Waals surface area contributed by atoms with E-state index in [0.29, 0.717) is 12.1 Å². The number of aromatic carboxylic acids is 1. The van der Waals surface area contributed by atoms with Crippen molar-refractivity contribution in [3.8, 4) is 0 Å². The van der Waals surface area contributed by atoms with Crippen molar-refractivity contribution in [2.45, 2.75) is 32.3 Å². The van der Waals surface area contributed by atoms with E-state index in [1.165, 1.54) is 6.20 Å². The number of carboxylic acid groups (broad SMARTS) is 1. The average molecular weight is 288 g/mol. The number of fused-ring (bicyclic) bond motifs is 1. The topological polar surface area (TPSA) is 82.5 Å². The summed E-state index contributed by atoms with van der Waals surface area (Å²) in [5, 5.41) is 23.4. The van der Waals surface area contributed by atoms with Crippen LogP contribution in [-0.2, 0) is 0 Å². The van der Waals surface area contributed by atoms with E-state index in [4.69, 9.17) is 0 Å². The number of carbonyl (C=O) groups is 1. The summed E-state index contributed by atoms with van der Waals surface area (Å²) in [4.78, 5) is 15.5. The van der Waals surface area contributed by atoms with E-state index in [-0.39, 0.29) is 12.1 Å². The van der Waals surface area contributed by atoms with Gasteiger partial charge >= 0.3 is 5.97 Å². The van der Waals surface area contributed by atoms with Gasteiger partial charge in [-0.1, -0.05) is 31.5 Å². The number of nitrogens with one attached hydrogen (secondary N) is 1. The molecule has 0 aliphatic carbocycles.